The van der Waals surface area contributed by atoms with Gasteiger partial charge in [0.25, 0.3) is 0 Å². The van der Waals surface area contributed by atoms with Gasteiger partial charge in [-0.2, -0.15) is 0 Å². The summed E-state index contributed by atoms with van der Waals surface area (Å²) in [7, 11) is 0. The standard InChI is InChI=1S/C12H15NO/c14-8-11-2-1-5-13(11)12-7-9-3-4-10(12)6-9/h1-2,5,8-10,12H,3-4,6-7H2. The van der Waals surface area contributed by atoms with Gasteiger partial charge in [0.2, 0.25) is 0 Å². The summed E-state index contributed by atoms with van der Waals surface area (Å²) < 4.78 is 2.19. The fourth-order valence-electron chi connectivity index (χ4n) is 3.36. The maximum Gasteiger partial charge on any atom is 0.166 e. The first kappa shape index (κ1) is 8.27. The van der Waals surface area contributed by atoms with Crippen LogP contribution >= 0.6 is 0 Å². The molecule has 2 fully saturated rings. The van der Waals surface area contributed by atoms with Gasteiger partial charge < -0.3 is 4.57 Å². The molecule has 3 rings (SSSR count). The molecule has 0 saturated heterocycles. The van der Waals surface area contributed by atoms with E-state index in [0.29, 0.717) is 6.04 Å². The van der Waals surface area contributed by atoms with E-state index in [9.17, 15) is 4.79 Å². The van der Waals surface area contributed by atoms with Crippen LogP contribution in [0.4, 0.5) is 0 Å². The molecule has 14 heavy (non-hydrogen) atoms. The van der Waals surface area contributed by atoms with Crippen LogP contribution in [0.3, 0.4) is 0 Å². The molecule has 3 atom stereocenters. The number of carbonyl (C=O) groups excluding carboxylic acids is 1. The van der Waals surface area contributed by atoms with Crippen molar-refractivity contribution in [3.8, 4) is 0 Å². The Balaban J connectivity index is 1.92. The molecule has 3 unspecified atom stereocenters. The zero-order chi connectivity index (χ0) is 9.54. The normalized spacial score (nSPS) is 35.0. The SMILES string of the molecule is O=Cc1cccn1C1CC2CCC1C2. The van der Waals surface area contributed by atoms with Crippen molar-refractivity contribution in [3.63, 3.8) is 0 Å². The number of carbonyl (C=O) groups is 1. The Hall–Kier alpha value is -1.05. The lowest BCUT2D eigenvalue weighted by atomic mass is 9.95. The molecule has 2 aliphatic rings. The Bertz CT molecular complexity index is 355. The number of fused-ring (bicyclic) bond motifs is 2. The van der Waals surface area contributed by atoms with E-state index in [1.807, 2.05) is 12.1 Å². The molecular formula is C12H15NO. The number of hydrogen-bond acceptors (Lipinski definition) is 1. The second-order valence-corrected chi connectivity index (χ2v) is 4.70. The Morgan fingerprint density at radius 1 is 1.36 bits per heavy atom. The Morgan fingerprint density at radius 2 is 2.29 bits per heavy atom. The van der Waals surface area contributed by atoms with Gasteiger partial charge in [0, 0.05) is 12.2 Å². The maximum absolute atomic E-state index is 10.8. The molecule has 2 heteroatoms. The zero-order valence-corrected chi connectivity index (χ0v) is 8.23. The highest BCUT2D eigenvalue weighted by Crippen LogP contribution is 2.50. The van der Waals surface area contributed by atoms with E-state index in [2.05, 4.69) is 10.8 Å². The smallest absolute Gasteiger partial charge is 0.166 e. The Kier molecular flexibility index (Phi) is 1.76. The van der Waals surface area contributed by atoms with E-state index in [-0.39, 0.29) is 0 Å². The highest BCUT2D eigenvalue weighted by atomic mass is 16.1. The molecule has 0 aliphatic heterocycles. The van der Waals surface area contributed by atoms with E-state index < -0.39 is 0 Å². The first-order chi connectivity index (χ1) is 6.88. The van der Waals surface area contributed by atoms with Crippen molar-refractivity contribution in [2.24, 2.45) is 11.8 Å². The molecule has 0 spiro atoms. The molecule has 1 heterocycles. The van der Waals surface area contributed by atoms with Crippen LogP contribution < -0.4 is 0 Å². The van der Waals surface area contributed by atoms with Crippen molar-refractivity contribution in [3.05, 3.63) is 24.0 Å². The van der Waals surface area contributed by atoms with Crippen molar-refractivity contribution >= 4 is 6.29 Å². The number of aromatic nitrogens is 1. The van der Waals surface area contributed by atoms with E-state index >= 15 is 0 Å². The summed E-state index contributed by atoms with van der Waals surface area (Å²) >= 11 is 0. The highest BCUT2D eigenvalue weighted by molar-refractivity contribution is 5.72. The zero-order valence-electron chi connectivity index (χ0n) is 8.23. The third-order valence-electron chi connectivity index (χ3n) is 3.99. The summed E-state index contributed by atoms with van der Waals surface area (Å²) in [4.78, 5) is 10.8. The fraction of sp³-hybridized carbons (Fsp3) is 0.583. The summed E-state index contributed by atoms with van der Waals surface area (Å²) in [6.45, 7) is 0. The van der Waals surface area contributed by atoms with Gasteiger partial charge in [-0.3, -0.25) is 4.79 Å². The average Bonchev–Trinajstić information content (AvgIpc) is 2.92. The lowest BCUT2D eigenvalue weighted by Gasteiger charge is -2.24. The summed E-state index contributed by atoms with van der Waals surface area (Å²) in [6, 6.07) is 4.51. The Morgan fingerprint density at radius 3 is 2.93 bits per heavy atom. The lowest BCUT2D eigenvalue weighted by Crippen LogP contribution is -2.17. The van der Waals surface area contributed by atoms with Gasteiger partial charge in [-0.15, -0.1) is 0 Å². The summed E-state index contributed by atoms with van der Waals surface area (Å²) in [5.41, 5.74) is 0.850. The van der Waals surface area contributed by atoms with Crippen LogP contribution in [0.25, 0.3) is 0 Å². The molecule has 74 valence electrons. The van der Waals surface area contributed by atoms with Crippen molar-refractivity contribution < 1.29 is 4.79 Å². The quantitative estimate of drug-likeness (QED) is 0.655. The van der Waals surface area contributed by atoms with Crippen LogP contribution in [0.5, 0.6) is 0 Å². The van der Waals surface area contributed by atoms with Gasteiger partial charge in [-0.25, -0.2) is 0 Å². The van der Waals surface area contributed by atoms with E-state index in [1.54, 1.807) is 0 Å². The van der Waals surface area contributed by atoms with Gasteiger partial charge in [0.05, 0.1) is 5.69 Å². The molecule has 2 bridgehead atoms. The molecule has 1 aromatic rings. The predicted octanol–water partition coefficient (Wildman–Crippen LogP) is 2.66. The Labute approximate surface area is 83.9 Å². The third-order valence-corrected chi connectivity index (χ3v) is 3.99. The summed E-state index contributed by atoms with van der Waals surface area (Å²) in [6.07, 6.45) is 8.51. The minimum atomic E-state index is 0.615. The largest absolute Gasteiger partial charge is 0.342 e. The molecule has 0 amide bonds. The monoisotopic (exact) mass is 189 g/mol. The number of hydrogen-bond donors (Lipinski definition) is 0. The molecule has 2 aliphatic carbocycles. The van der Waals surface area contributed by atoms with Crippen molar-refractivity contribution in [2.75, 3.05) is 0 Å². The van der Waals surface area contributed by atoms with Crippen LogP contribution in [-0.4, -0.2) is 10.9 Å². The first-order valence-corrected chi connectivity index (χ1v) is 5.50. The molecule has 0 radical (unpaired) electrons. The van der Waals surface area contributed by atoms with Crippen LogP contribution in [0.15, 0.2) is 18.3 Å². The molecular weight excluding hydrogens is 174 g/mol. The van der Waals surface area contributed by atoms with Crippen LogP contribution in [0.1, 0.15) is 42.2 Å². The van der Waals surface area contributed by atoms with Crippen molar-refractivity contribution in [1.29, 1.82) is 0 Å². The number of aldehydes is 1. The molecule has 0 N–H and O–H groups in total. The number of nitrogens with zero attached hydrogens (tertiary/aromatic N) is 1. The average molecular weight is 189 g/mol. The second-order valence-electron chi connectivity index (χ2n) is 4.70. The van der Waals surface area contributed by atoms with Crippen molar-refractivity contribution in [1.82, 2.24) is 4.57 Å². The van der Waals surface area contributed by atoms with Gasteiger partial charge in [-0.1, -0.05) is 6.42 Å². The van der Waals surface area contributed by atoms with E-state index in [1.165, 1.54) is 25.7 Å². The second kappa shape index (κ2) is 2.97. The first-order valence-electron chi connectivity index (χ1n) is 5.50. The topological polar surface area (TPSA) is 22.0 Å². The van der Waals surface area contributed by atoms with Crippen LogP contribution in [0, 0.1) is 11.8 Å². The molecule has 2 saturated carbocycles. The van der Waals surface area contributed by atoms with E-state index in [4.69, 9.17) is 0 Å². The van der Waals surface area contributed by atoms with Gasteiger partial charge in [0.15, 0.2) is 6.29 Å². The molecule has 2 nitrogen and oxygen atoms in total. The van der Waals surface area contributed by atoms with Gasteiger partial charge in [-0.05, 0) is 43.2 Å². The predicted molar refractivity (Wildman–Crippen MR) is 54.3 cm³/mol. The lowest BCUT2D eigenvalue weighted by molar-refractivity contribution is 0.111. The maximum atomic E-state index is 10.8. The third kappa shape index (κ3) is 1.06. The summed E-state index contributed by atoms with van der Waals surface area (Å²) in [5.74, 6) is 1.78. The minimum absolute atomic E-state index is 0.615. The molecule has 0 aromatic carbocycles. The number of rotatable bonds is 2. The van der Waals surface area contributed by atoms with Crippen molar-refractivity contribution in [2.45, 2.75) is 31.7 Å². The van der Waals surface area contributed by atoms with E-state index in [0.717, 1.165) is 23.8 Å². The fourth-order valence-corrected chi connectivity index (χ4v) is 3.36. The minimum Gasteiger partial charge on any atom is -0.342 e. The van der Waals surface area contributed by atoms with Crippen LogP contribution in [-0.2, 0) is 0 Å². The summed E-state index contributed by atoms with van der Waals surface area (Å²) in [5, 5.41) is 0. The van der Waals surface area contributed by atoms with Crippen LogP contribution in [0.2, 0.25) is 0 Å². The van der Waals surface area contributed by atoms with Gasteiger partial charge in [0.1, 0.15) is 0 Å². The van der Waals surface area contributed by atoms with Gasteiger partial charge >= 0.3 is 0 Å². The molecule has 1 aromatic heterocycles. The highest BCUT2D eigenvalue weighted by Gasteiger charge is 2.40.